The zero-order valence-electron chi connectivity index (χ0n) is 21.3. The van der Waals surface area contributed by atoms with Gasteiger partial charge in [0, 0.05) is 51.8 Å². The van der Waals surface area contributed by atoms with Crippen molar-refractivity contribution < 1.29 is 9.59 Å². The van der Waals surface area contributed by atoms with E-state index in [2.05, 4.69) is 39.6 Å². The van der Waals surface area contributed by atoms with Crippen LogP contribution in [0.4, 0.5) is 5.69 Å². The number of imidazole rings is 1. The van der Waals surface area contributed by atoms with E-state index in [4.69, 9.17) is 0 Å². The third-order valence-corrected chi connectivity index (χ3v) is 7.81. The van der Waals surface area contributed by atoms with E-state index in [1.165, 1.54) is 0 Å². The van der Waals surface area contributed by atoms with Gasteiger partial charge in [0.2, 0.25) is 11.8 Å². The molecule has 2 saturated heterocycles. The zero-order valence-corrected chi connectivity index (χ0v) is 21.3. The van der Waals surface area contributed by atoms with Crippen LogP contribution in [-0.2, 0) is 23.7 Å². The molecule has 3 aromatic rings. The standard InChI is InChI=1S/C27H34N6O3/c1-18(34)29-27-16-30(2)13-12-21(27)25(19-8-6-5-7-9-19)33(17-27)15-24(35)28-20-10-11-22-23(14-20)32(4)26(36)31(22)3/h5-11,14,21,25H,12-13,15-17H2,1-4H3,(H,28,35)(H,29,34)/t21-,25-,27-/m1/s1. The summed E-state index contributed by atoms with van der Waals surface area (Å²) in [5, 5.41) is 6.31. The second-order valence-corrected chi connectivity index (χ2v) is 10.4. The fourth-order valence-electron chi connectivity index (χ4n) is 6.40. The van der Waals surface area contributed by atoms with E-state index in [9.17, 15) is 14.4 Å². The Morgan fingerprint density at radius 1 is 1.00 bits per heavy atom. The number of benzene rings is 2. The number of likely N-dealkylation sites (N-methyl/N-ethyl adjacent to an activating group) is 1. The maximum Gasteiger partial charge on any atom is 0.328 e. The minimum Gasteiger partial charge on any atom is -0.348 e. The van der Waals surface area contributed by atoms with Gasteiger partial charge in [-0.3, -0.25) is 23.6 Å². The number of aryl methyl sites for hydroxylation is 2. The highest BCUT2D eigenvalue weighted by atomic mass is 16.2. The summed E-state index contributed by atoms with van der Waals surface area (Å²) in [6.07, 6.45) is 0.938. The summed E-state index contributed by atoms with van der Waals surface area (Å²) in [6.45, 7) is 4.07. The largest absolute Gasteiger partial charge is 0.348 e. The van der Waals surface area contributed by atoms with E-state index >= 15 is 0 Å². The first-order chi connectivity index (χ1) is 17.2. The van der Waals surface area contributed by atoms with E-state index in [0.29, 0.717) is 12.2 Å². The maximum absolute atomic E-state index is 13.3. The first kappa shape index (κ1) is 24.3. The molecule has 9 nitrogen and oxygen atoms in total. The summed E-state index contributed by atoms with van der Waals surface area (Å²) >= 11 is 0. The smallest absolute Gasteiger partial charge is 0.328 e. The Kier molecular flexibility index (Phi) is 6.22. The Hall–Kier alpha value is -3.43. The summed E-state index contributed by atoms with van der Waals surface area (Å²) in [7, 11) is 5.55. The maximum atomic E-state index is 13.3. The molecule has 3 heterocycles. The van der Waals surface area contributed by atoms with Gasteiger partial charge in [-0.2, -0.15) is 0 Å². The van der Waals surface area contributed by atoms with E-state index in [1.807, 2.05) is 36.4 Å². The number of hydrogen-bond acceptors (Lipinski definition) is 5. The molecule has 2 N–H and O–H groups in total. The highest BCUT2D eigenvalue weighted by Gasteiger charge is 2.55. The Balaban J connectivity index is 1.43. The fraction of sp³-hybridized carbons (Fsp3) is 0.444. The molecule has 190 valence electrons. The quantitative estimate of drug-likeness (QED) is 0.568. The van der Waals surface area contributed by atoms with Gasteiger partial charge in [-0.05, 0) is 43.8 Å². The zero-order chi connectivity index (χ0) is 25.6. The number of rotatable bonds is 5. The second-order valence-electron chi connectivity index (χ2n) is 10.4. The molecule has 2 aliphatic heterocycles. The lowest BCUT2D eigenvalue weighted by Crippen LogP contribution is -2.63. The van der Waals surface area contributed by atoms with Gasteiger partial charge in [0.05, 0.1) is 23.1 Å². The topological polar surface area (TPSA) is 91.6 Å². The predicted octanol–water partition coefficient (Wildman–Crippen LogP) is 1.70. The van der Waals surface area contributed by atoms with Crippen molar-refractivity contribution in [2.24, 2.45) is 20.0 Å². The molecule has 0 unspecified atom stereocenters. The first-order valence-electron chi connectivity index (χ1n) is 12.4. The van der Waals surface area contributed by atoms with Crippen LogP contribution in [0.3, 0.4) is 0 Å². The van der Waals surface area contributed by atoms with Gasteiger partial charge in [0.25, 0.3) is 0 Å². The summed E-state index contributed by atoms with van der Waals surface area (Å²) in [6, 6.07) is 15.8. The number of piperidine rings is 1. The molecule has 2 fully saturated rings. The van der Waals surface area contributed by atoms with Crippen LogP contribution in [0.1, 0.15) is 24.9 Å². The number of anilines is 1. The van der Waals surface area contributed by atoms with Crippen LogP contribution in [0.2, 0.25) is 0 Å². The number of carbonyl (C=O) groups excluding carboxylic acids is 2. The normalized spacial score (nSPS) is 24.6. The number of hydrogen-bond donors (Lipinski definition) is 2. The molecule has 36 heavy (non-hydrogen) atoms. The number of carbonyl (C=O) groups is 2. The van der Waals surface area contributed by atoms with Crippen molar-refractivity contribution in [1.29, 1.82) is 0 Å². The number of fused-ring (bicyclic) bond motifs is 2. The fourth-order valence-corrected chi connectivity index (χ4v) is 6.40. The second kappa shape index (κ2) is 9.22. The Morgan fingerprint density at radius 2 is 1.72 bits per heavy atom. The molecule has 0 saturated carbocycles. The van der Waals surface area contributed by atoms with Crippen LogP contribution in [-0.4, -0.2) is 69.5 Å². The van der Waals surface area contributed by atoms with Gasteiger partial charge in [-0.1, -0.05) is 30.3 Å². The van der Waals surface area contributed by atoms with Gasteiger partial charge < -0.3 is 15.5 Å². The van der Waals surface area contributed by atoms with Crippen LogP contribution in [0.25, 0.3) is 11.0 Å². The predicted molar refractivity (Wildman–Crippen MR) is 140 cm³/mol. The highest BCUT2D eigenvalue weighted by molar-refractivity contribution is 5.94. The Labute approximate surface area is 210 Å². The third kappa shape index (κ3) is 4.22. The van der Waals surface area contributed by atoms with E-state index < -0.39 is 5.54 Å². The lowest BCUT2D eigenvalue weighted by molar-refractivity contribution is -0.122. The van der Waals surface area contributed by atoms with Crippen molar-refractivity contribution in [2.75, 3.05) is 38.5 Å². The average molecular weight is 491 g/mol. The number of aromatic nitrogens is 2. The lowest BCUT2D eigenvalue weighted by Gasteiger charge is -2.44. The van der Waals surface area contributed by atoms with Gasteiger partial charge in [-0.25, -0.2) is 4.79 Å². The van der Waals surface area contributed by atoms with Crippen LogP contribution < -0.4 is 16.3 Å². The molecular weight excluding hydrogens is 456 g/mol. The van der Waals surface area contributed by atoms with Gasteiger partial charge >= 0.3 is 5.69 Å². The molecule has 3 atom stereocenters. The van der Waals surface area contributed by atoms with Crippen molar-refractivity contribution in [2.45, 2.75) is 24.9 Å². The van der Waals surface area contributed by atoms with E-state index in [0.717, 1.165) is 36.1 Å². The number of amides is 2. The molecule has 2 aliphatic rings. The van der Waals surface area contributed by atoms with Crippen LogP contribution >= 0.6 is 0 Å². The molecule has 2 aromatic carbocycles. The molecule has 0 spiro atoms. The molecule has 1 aromatic heterocycles. The van der Waals surface area contributed by atoms with E-state index in [-0.39, 0.29) is 36.0 Å². The average Bonchev–Trinajstić information content (AvgIpc) is 3.24. The molecule has 0 aliphatic carbocycles. The first-order valence-corrected chi connectivity index (χ1v) is 12.4. The number of likely N-dealkylation sites (tertiary alicyclic amines) is 2. The Bertz CT molecular complexity index is 1360. The summed E-state index contributed by atoms with van der Waals surface area (Å²) in [5.41, 5.74) is 2.87. The summed E-state index contributed by atoms with van der Waals surface area (Å²) in [5.74, 6) is 0.0272. The number of nitrogens with one attached hydrogen (secondary N) is 2. The van der Waals surface area contributed by atoms with Crippen molar-refractivity contribution in [3.8, 4) is 0 Å². The molecule has 5 rings (SSSR count). The van der Waals surface area contributed by atoms with Gasteiger partial charge in [-0.15, -0.1) is 0 Å². The Morgan fingerprint density at radius 3 is 2.44 bits per heavy atom. The molecule has 0 radical (unpaired) electrons. The van der Waals surface area contributed by atoms with Crippen LogP contribution in [0.5, 0.6) is 0 Å². The third-order valence-electron chi connectivity index (χ3n) is 7.81. The van der Waals surface area contributed by atoms with E-state index in [1.54, 1.807) is 30.2 Å². The van der Waals surface area contributed by atoms with Gasteiger partial charge in [0.1, 0.15) is 0 Å². The SMILES string of the molecule is CC(=O)N[C@@]12CN(C)CC[C@@H]1[C@@H](c1ccccc1)N(CC(=O)Nc1ccc3c(c1)n(C)c(=O)n3C)C2. The van der Waals surface area contributed by atoms with Gasteiger partial charge in [0.15, 0.2) is 0 Å². The van der Waals surface area contributed by atoms with Crippen molar-refractivity contribution >= 4 is 28.5 Å². The highest BCUT2D eigenvalue weighted by Crippen LogP contribution is 2.47. The summed E-state index contributed by atoms with van der Waals surface area (Å²) in [4.78, 5) is 42.3. The molecule has 2 amide bonds. The van der Waals surface area contributed by atoms with Crippen LogP contribution in [0.15, 0.2) is 53.3 Å². The number of nitrogens with zero attached hydrogens (tertiary/aromatic N) is 4. The van der Waals surface area contributed by atoms with Crippen molar-refractivity contribution in [1.82, 2.24) is 24.3 Å². The summed E-state index contributed by atoms with van der Waals surface area (Å²) < 4.78 is 3.17. The minimum absolute atomic E-state index is 0.0231. The molecular formula is C27H34N6O3. The molecule has 9 heteroatoms. The lowest BCUT2D eigenvalue weighted by atomic mass is 9.76. The van der Waals surface area contributed by atoms with Crippen LogP contribution in [0, 0.1) is 5.92 Å². The van der Waals surface area contributed by atoms with Crippen molar-refractivity contribution in [3.63, 3.8) is 0 Å². The monoisotopic (exact) mass is 490 g/mol. The minimum atomic E-state index is -0.416. The van der Waals surface area contributed by atoms with Crippen molar-refractivity contribution in [3.05, 3.63) is 64.6 Å². The molecule has 0 bridgehead atoms.